The first-order chi connectivity index (χ1) is 9.28. The fourth-order valence-electron chi connectivity index (χ4n) is 1.78. The molecule has 0 aliphatic rings. The molecule has 0 aliphatic heterocycles. The van der Waals surface area contributed by atoms with Gasteiger partial charge in [0.1, 0.15) is 4.83 Å². The van der Waals surface area contributed by atoms with E-state index in [-0.39, 0.29) is 16.7 Å². The summed E-state index contributed by atoms with van der Waals surface area (Å²) in [6.07, 6.45) is 0. The van der Waals surface area contributed by atoms with E-state index >= 15 is 0 Å². The molecule has 2 heterocycles. The first-order valence-electron chi connectivity index (χ1n) is 6.10. The van der Waals surface area contributed by atoms with Gasteiger partial charge < -0.3 is 5.11 Å². The summed E-state index contributed by atoms with van der Waals surface area (Å²) in [5, 5.41) is 11.7. The third-order valence-corrected chi connectivity index (χ3v) is 4.27. The van der Waals surface area contributed by atoms with Gasteiger partial charge in [-0.25, -0.2) is 4.98 Å². The number of thioether (sulfide) groups is 1. The quantitative estimate of drug-likeness (QED) is 0.694. The largest absolute Gasteiger partial charge is 0.481 e. The van der Waals surface area contributed by atoms with Crippen molar-refractivity contribution >= 4 is 39.3 Å². The molecule has 2 aromatic rings. The highest BCUT2D eigenvalue weighted by Gasteiger charge is 2.19. The highest BCUT2D eigenvalue weighted by molar-refractivity contribution is 7.99. The summed E-state index contributed by atoms with van der Waals surface area (Å²) in [4.78, 5) is 28.3. The second-order valence-electron chi connectivity index (χ2n) is 5.67. The minimum absolute atomic E-state index is 0.0895. The molecule has 2 aromatic heterocycles. The molecule has 0 amide bonds. The van der Waals surface area contributed by atoms with E-state index in [1.807, 2.05) is 26.2 Å². The molecule has 0 fully saturated rings. The molecule has 0 spiro atoms. The smallest absolute Gasteiger partial charge is 0.313 e. The van der Waals surface area contributed by atoms with Gasteiger partial charge in [0.15, 0.2) is 5.16 Å². The van der Waals surface area contributed by atoms with Gasteiger partial charge >= 0.3 is 5.97 Å². The Morgan fingerprint density at radius 1 is 1.50 bits per heavy atom. The van der Waals surface area contributed by atoms with Gasteiger partial charge in [-0.2, -0.15) is 0 Å². The first kappa shape index (κ1) is 15.1. The van der Waals surface area contributed by atoms with Crippen molar-refractivity contribution in [3.63, 3.8) is 0 Å². The topological polar surface area (TPSA) is 72.2 Å². The van der Waals surface area contributed by atoms with Crippen LogP contribution >= 0.6 is 23.1 Å². The Labute approximate surface area is 124 Å². The van der Waals surface area contributed by atoms with E-state index in [4.69, 9.17) is 5.11 Å². The van der Waals surface area contributed by atoms with Gasteiger partial charge in [-0.1, -0.05) is 32.5 Å². The molecule has 2 rings (SSSR count). The van der Waals surface area contributed by atoms with Crippen molar-refractivity contribution < 1.29 is 9.90 Å². The minimum Gasteiger partial charge on any atom is -0.481 e. The van der Waals surface area contributed by atoms with Crippen LogP contribution in [0.5, 0.6) is 0 Å². The molecule has 5 nitrogen and oxygen atoms in total. The monoisotopic (exact) mass is 312 g/mol. The van der Waals surface area contributed by atoms with E-state index in [0.29, 0.717) is 21.9 Å². The highest BCUT2D eigenvalue weighted by Crippen LogP contribution is 2.24. The fourth-order valence-corrected chi connectivity index (χ4v) is 3.30. The Morgan fingerprint density at radius 2 is 2.20 bits per heavy atom. The standard InChI is InChI=1S/C13H16N2O3S2/c1-13(2,3)7-15-11(18)8-4-5-19-10(8)14-12(15)20-6-9(16)17/h4-5H,6-7H2,1-3H3,(H,16,17). The third-order valence-electron chi connectivity index (χ3n) is 2.51. The van der Waals surface area contributed by atoms with E-state index in [9.17, 15) is 9.59 Å². The molecule has 0 saturated carbocycles. The number of carboxylic acids is 1. The van der Waals surface area contributed by atoms with E-state index in [0.717, 1.165) is 11.8 Å². The number of aliphatic carboxylic acids is 1. The average molecular weight is 312 g/mol. The Kier molecular flexibility index (Phi) is 4.19. The number of nitrogens with zero attached hydrogens (tertiary/aromatic N) is 2. The van der Waals surface area contributed by atoms with E-state index < -0.39 is 5.97 Å². The minimum atomic E-state index is -0.919. The Hall–Kier alpha value is -1.34. The molecular formula is C13H16N2O3S2. The van der Waals surface area contributed by atoms with Crippen molar-refractivity contribution in [1.29, 1.82) is 0 Å². The van der Waals surface area contributed by atoms with Crippen LogP contribution < -0.4 is 5.56 Å². The second-order valence-corrected chi connectivity index (χ2v) is 7.51. The van der Waals surface area contributed by atoms with Crippen LogP contribution in [0.25, 0.3) is 10.2 Å². The lowest BCUT2D eigenvalue weighted by atomic mass is 9.97. The Balaban J connectivity index is 2.53. The lowest BCUT2D eigenvalue weighted by molar-refractivity contribution is -0.133. The van der Waals surface area contributed by atoms with Crippen LogP contribution in [0, 0.1) is 5.41 Å². The predicted octanol–water partition coefficient (Wildman–Crippen LogP) is 2.68. The second kappa shape index (κ2) is 5.57. The maximum absolute atomic E-state index is 12.5. The SMILES string of the molecule is CC(C)(C)Cn1c(SCC(=O)O)nc2sccc2c1=O. The predicted molar refractivity (Wildman–Crippen MR) is 81.7 cm³/mol. The molecule has 7 heteroatoms. The van der Waals surface area contributed by atoms with Gasteiger partial charge in [0.05, 0.1) is 11.1 Å². The van der Waals surface area contributed by atoms with Crippen molar-refractivity contribution in [3.05, 3.63) is 21.8 Å². The van der Waals surface area contributed by atoms with Gasteiger partial charge in [0, 0.05) is 6.54 Å². The van der Waals surface area contributed by atoms with Crippen molar-refractivity contribution in [2.45, 2.75) is 32.5 Å². The highest BCUT2D eigenvalue weighted by atomic mass is 32.2. The molecule has 0 bridgehead atoms. The van der Waals surface area contributed by atoms with E-state index in [1.165, 1.54) is 11.3 Å². The van der Waals surface area contributed by atoms with Gasteiger partial charge in [-0.3, -0.25) is 14.2 Å². The summed E-state index contributed by atoms with van der Waals surface area (Å²) < 4.78 is 1.59. The van der Waals surface area contributed by atoms with E-state index in [1.54, 1.807) is 10.6 Å². The zero-order valence-corrected chi connectivity index (χ0v) is 13.2. The molecule has 108 valence electrons. The number of hydrogen-bond acceptors (Lipinski definition) is 5. The zero-order chi connectivity index (χ0) is 14.9. The molecule has 1 N–H and O–H groups in total. The third kappa shape index (κ3) is 3.40. The van der Waals surface area contributed by atoms with Crippen molar-refractivity contribution in [3.8, 4) is 0 Å². The van der Waals surface area contributed by atoms with Crippen LogP contribution in [0.3, 0.4) is 0 Å². The summed E-state index contributed by atoms with van der Waals surface area (Å²) in [6, 6.07) is 1.76. The molecular weight excluding hydrogens is 296 g/mol. The maximum Gasteiger partial charge on any atom is 0.313 e. The first-order valence-corrected chi connectivity index (χ1v) is 7.97. The van der Waals surface area contributed by atoms with Gasteiger partial charge in [0.25, 0.3) is 5.56 Å². The van der Waals surface area contributed by atoms with Crippen LogP contribution in [0.15, 0.2) is 21.4 Å². The molecule has 0 aliphatic carbocycles. The van der Waals surface area contributed by atoms with Gasteiger partial charge in [0.2, 0.25) is 0 Å². The van der Waals surface area contributed by atoms with Crippen molar-refractivity contribution in [2.24, 2.45) is 5.41 Å². The molecule has 0 saturated heterocycles. The van der Waals surface area contributed by atoms with Crippen molar-refractivity contribution in [2.75, 3.05) is 5.75 Å². The van der Waals surface area contributed by atoms with Crippen LogP contribution in [0.4, 0.5) is 0 Å². The Bertz CT molecular complexity index is 698. The number of aromatic nitrogens is 2. The number of hydrogen-bond donors (Lipinski definition) is 1. The van der Waals surface area contributed by atoms with Crippen LogP contribution in [0.1, 0.15) is 20.8 Å². The molecule has 20 heavy (non-hydrogen) atoms. The number of rotatable bonds is 4. The number of carbonyl (C=O) groups is 1. The van der Waals surface area contributed by atoms with Gasteiger partial charge in [-0.15, -0.1) is 11.3 Å². The zero-order valence-electron chi connectivity index (χ0n) is 11.5. The van der Waals surface area contributed by atoms with E-state index in [2.05, 4.69) is 4.98 Å². The molecule has 0 aromatic carbocycles. The summed E-state index contributed by atoms with van der Waals surface area (Å²) in [5.41, 5.74) is -0.188. The lowest BCUT2D eigenvalue weighted by Crippen LogP contribution is -2.29. The molecule has 0 radical (unpaired) electrons. The van der Waals surface area contributed by atoms with Gasteiger partial charge in [-0.05, 0) is 16.9 Å². The maximum atomic E-state index is 12.5. The normalized spacial score (nSPS) is 11.9. The summed E-state index contributed by atoms with van der Waals surface area (Å²) in [6.45, 7) is 6.60. The number of fused-ring (bicyclic) bond motifs is 1. The fraction of sp³-hybridized carbons (Fsp3) is 0.462. The van der Waals surface area contributed by atoms with Crippen LogP contribution in [-0.4, -0.2) is 26.4 Å². The molecule has 0 atom stereocenters. The lowest BCUT2D eigenvalue weighted by Gasteiger charge is -2.21. The molecule has 0 unspecified atom stereocenters. The number of carboxylic acid groups (broad SMARTS) is 1. The van der Waals surface area contributed by atoms with Crippen LogP contribution in [0.2, 0.25) is 0 Å². The average Bonchev–Trinajstić information content (AvgIpc) is 2.77. The summed E-state index contributed by atoms with van der Waals surface area (Å²) >= 11 is 2.48. The number of thiophene rings is 1. The Morgan fingerprint density at radius 3 is 2.80 bits per heavy atom. The summed E-state index contributed by atoms with van der Waals surface area (Å²) in [7, 11) is 0. The summed E-state index contributed by atoms with van der Waals surface area (Å²) in [5.74, 6) is -1.02. The van der Waals surface area contributed by atoms with Crippen LogP contribution in [-0.2, 0) is 11.3 Å². The van der Waals surface area contributed by atoms with Crippen molar-refractivity contribution in [1.82, 2.24) is 9.55 Å².